The van der Waals surface area contributed by atoms with E-state index in [-0.39, 0.29) is 12.0 Å². The number of benzene rings is 1. The summed E-state index contributed by atoms with van der Waals surface area (Å²) in [5.74, 6) is 0.811. The van der Waals surface area contributed by atoms with Crippen molar-refractivity contribution in [2.75, 3.05) is 45.9 Å². The van der Waals surface area contributed by atoms with E-state index >= 15 is 0 Å². The fourth-order valence-corrected chi connectivity index (χ4v) is 3.26. The summed E-state index contributed by atoms with van der Waals surface area (Å²) in [6.07, 6.45) is 0.309. The van der Waals surface area contributed by atoms with Crippen LogP contribution in [0.3, 0.4) is 0 Å². The quantitative estimate of drug-likeness (QED) is 0.880. The summed E-state index contributed by atoms with van der Waals surface area (Å²) in [6, 6.07) is 9.51. The number of rotatable bonds is 4. The largest absolute Gasteiger partial charge is 0.487 e. The summed E-state index contributed by atoms with van der Waals surface area (Å²) in [6.45, 7) is 5.98. The smallest absolute Gasteiger partial charge is 0.236 e. The van der Waals surface area contributed by atoms with Gasteiger partial charge in [-0.25, -0.2) is 0 Å². The van der Waals surface area contributed by atoms with E-state index < -0.39 is 5.60 Å². The summed E-state index contributed by atoms with van der Waals surface area (Å²) >= 11 is 0. The minimum atomic E-state index is -1.06. The molecule has 0 radical (unpaired) electrons. The van der Waals surface area contributed by atoms with Crippen molar-refractivity contribution in [1.82, 2.24) is 9.80 Å². The normalized spacial score (nSPS) is 28.6. The predicted octanol–water partition coefficient (Wildman–Crippen LogP) is 0.750. The van der Waals surface area contributed by atoms with Gasteiger partial charge in [0, 0.05) is 26.1 Å². The Morgan fingerprint density at radius 2 is 2.00 bits per heavy atom. The Kier molecular flexibility index (Phi) is 5.38. The van der Waals surface area contributed by atoms with Crippen molar-refractivity contribution in [1.29, 1.82) is 0 Å². The second-order valence-electron chi connectivity index (χ2n) is 6.77. The molecule has 6 nitrogen and oxygen atoms in total. The fourth-order valence-electron chi connectivity index (χ4n) is 3.26. The molecule has 0 spiro atoms. The number of hydrogen-bond donors (Lipinski definition) is 1. The first-order valence-electron chi connectivity index (χ1n) is 8.56. The second kappa shape index (κ2) is 7.51. The molecule has 0 bridgehead atoms. The van der Waals surface area contributed by atoms with Crippen LogP contribution < -0.4 is 4.74 Å². The van der Waals surface area contributed by atoms with Crippen LogP contribution in [0.15, 0.2) is 30.3 Å². The standard InChI is InChI=1S/C18H26N2O4/c1-18(22)14-20(17(21)13-19-9-11-23-12-10-19)8-7-16(18)24-15-5-3-2-4-6-15/h2-6,16,22H,7-14H2,1H3/t16-,18-/m0/s1. The average Bonchev–Trinajstić information content (AvgIpc) is 2.58. The third kappa shape index (κ3) is 4.26. The van der Waals surface area contributed by atoms with Gasteiger partial charge in [-0.3, -0.25) is 9.69 Å². The second-order valence-corrected chi connectivity index (χ2v) is 6.77. The van der Waals surface area contributed by atoms with Gasteiger partial charge in [-0.1, -0.05) is 18.2 Å². The van der Waals surface area contributed by atoms with Gasteiger partial charge in [0.1, 0.15) is 17.5 Å². The highest BCUT2D eigenvalue weighted by atomic mass is 16.5. The number of β-amino-alcohol motifs (C(OH)–C–C–N with tert-alkyl or cyclic N) is 1. The molecule has 132 valence electrons. The number of morpholine rings is 1. The Balaban J connectivity index is 1.55. The fraction of sp³-hybridized carbons (Fsp3) is 0.611. The van der Waals surface area contributed by atoms with E-state index in [0.717, 1.165) is 18.8 Å². The molecule has 3 rings (SSSR count). The maximum absolute atomic E-state index is 12.5. The number of aliphatic hydroxyl groups is 1. The molecule has 1 amide bonds. The number of para-hydroxylation sites is 1. The van der Waals surface area contributed by atoms with Crippen LogP contribution in [-0.4, -0.2) is 78.5 Å². The molecule has 2 fully saturated rings. The van der Waals surface area contributed by atoms with Crippen LogP contribution in [0, 0.1) is 0 Å². The highest BCUT2D eigenvalue weighted by Crippen LogP contribution is 2.26. The van der Waals surface area contributed by atoms with Crippen molar-refractivity contribution < 1.29 is 19.4 Å². The number of ether oxygens (including phenoxy) is 2. The lowest BCUT2D eigenvalue weighted by Gasteiger charge is -2.43. The Bertz CT molecular complexity index is 543. The van der Waals surface area contributed by atoms with Gasteiger partial charge in [-0.05, 0) is 19.1 Å². The summed E-state index contributed by atoms with van der Waals surface area (Å²) in [4.78, 5) is 16.4. The highest BCUT2D eigenvalue weighted by Gasteiger charge is 2.41. The molecule has 2 aliphatic rings. The first-order valence-corrected chi connectivity index (χ1v) is 8.56. The summed E-state index contributed by atoms with van der Waals surface area (Å²) in [5, 5.41) is 10.8. The lowest BCUT2D eigenvalue weighted by atomic mass is 9.91. The third-order valence-corrected chi connectivity index (χ3v) is 4.70. The Morgan fingerprint density at radius 1 is 1.29 bits per heavy atom. The zero-order chi connectivity index (χ0) is 17.0. The zero-order valence-electron chi connectivity index (χ0n) is 14.2. The molecule has 1 aromatic carbocycles. The molecule has 0 saturated carbocycles. The monoisotopic (exact) mass is 334 g/mol. The van der Waals surface area contributed by atoms with Gasteiger partial charge in [-0.2, -0.15) is 0 Å². The third-order valence-electron chi connectivity index (χ3n) is 4.70. The molecular formula is C18H26N2O4. The molecule has 2 heterocycles. The minimum absolute atomic E-state index is 0.0651. The van der Waals surface area contributed by atoms with Crippen LogP contribution in [0.25, 0.3) is 0 Å². The number of amides is 1. The van der Waals surface area contributed by atoms with E-state index in [1.807, 2.05) is 30.3 Å². The van der Waals surface area contributed by atoms with Crippen molar-refractivity contribution in [3.63, 3.8) is 0 Å². The SMILES string of the molecule is C[C@]1(O)CN(C(=O)CN2CCOCC2)CC[C@@H]1Oc1ccccc1. The molecule has 2 aliphatic heterocycles. The maximum Gasteiger partial charge on any atom is 0.236 e. The van der Waals surface area contributed by atoms with Gasteiger partial charge >= 0.3 is 0 Å². The zero-order valence-corrected chi connectivity index (χ0v) is 14.2. The molecule has 0 aromatic heterocycles. The predicted molar refractivity (Wildman–Crippen MR) is 89.9 cm³/mol. The van der Waals surface area contributed by atoms with E-state index in [1.165, 1.54) is 0 Å². The van der Waals surface area contributed by atoms with Crippen molar-refractivity contribution in [2.24, 2.45) is 0 Å². The number of piperidine rings is 1. The van der Waals surface area contributed by atoms with Gasteiger partial charge in [-0.15, -0.1) is 0 Å². The molecule has 1 N–H and O–H groups in total. The number of nitrogens with zero attached hydrogens (tertiary/aromatic N) is 2. The Labute approximate surface area is 143 Å². The lowest BCUT2D eigenvalue weighted by molar-refractivity contribution is -0.147. The van der Waals surface area contributed by atoms with Gasteiger partial charge in [0.25, 0.3) is 0 Å². The van der Waals surface area contributed by atoms with E-state index in [1.54, 1.807) is 11.8 Å². The van der Waals surface area contributed by atoms with Gasteiger partial charge < -0.3 is 19.5 Å². The number of carbonyl (C=O) groups excluding carboxylic acids is 1. The molecule has 6 heteroatoms. The van der Waals surface area contributed by atoms with Gasteiger partial charge in [0.05, 0.1) is 26.3 Å². The molecular weight excluding hydrogens is 308 g/mol. The summed E-state index contributed by atoms with van der Waals surface area (Å²) in [5.41, 5.74) is -1.06. The van der Waals surface area contributed by atoms with Crippen LogP contribution in [0.1, 0.15) is 13.3 Å². The first kappa shape index (κ1) is 17.2. The molecule has 24 heavy (non-hydrogen) atoms. The molecule has 0 unspecified atom stereocenters. The lowest BCUT2D eigenvalue weighted by Crippen LogP contribution is -2.59. The topological polar surface area (TPSA) is 62.2 Å². The van der Waals surface area contributed by atoms with E-state index in [2.05, 4.69) is 4.90 Å². The number of carbonyl (C=O) groups is 1. The van der Waals surface area contributed by atoms with Crippen LogP contribution >= 0.6 is 0 Å². The number of hydrogen-bond acceptors (Lipinski definition) is 5. The van der Waals surface area contributed by atoms with Crippen LogP contribution in [0.5, 0.6) is 5.75 Å². The molecule has 2 saturated heterocycles. The average molecular weight is 334 g/mol. The summed E-state index contributed by atoms with van der Waals surface area (Å²) in [7, 11) is 0. The molecule has 2 atom stereocenters. The van der Waals surface area contributed by atoms with E-state index in [0.29, 0.717) is 39.3 Å². The first-order chi connectivity index (χ1) is 11.5. The summed E-state index contributed by atoms with van der Waals surface area (Å²) < 4.78 is 11.2. The number of likely N-dealkylation sites (tertiary alicyclic amines) is 1. The van der Waals surface area contributed by atoms with Crippen molar-refractivity contribution in [2.45, 2.75) is 25.0 Å². The van der Waals surface area contributed by atoms with Crippen LogP contribution in [-0.2, 0) is 9.53 Å². The van der Waals surface area contributed by atoms with Crippen LogP contribution in [0.2, 0.25) is 0 Å². The molecule has 1 aromatic rings. The van der Waals surface area contributed by atoms with Crippen molar-refractivity contribution in [3.8, 4) is 5.75 Å². The van der Waals surface area contributed by atoms with Crippen molar-refractivity contribution >= 4 is 5.91 Å². The van der Waals surface area contributed by atoms with Gasteiger partial charge in [0.15, 0.2) is 0 Å². The van der Waals surface area contributed by atoms with Crippen molar-refractivity contribution in [3.05, 3.63) is 30.3 Å². The Hall–Kier alpha value is -1.63. The maximum atomic E-state index is 12.5. The van der Waals surface area contributed by atoms with Gasteiger partial charge in [0.2, 0.25) is 5.91 Å². The van der Waals surface area contributed by atoms with Crippen LogP contribution in [0.4, 0.5) is 0 Å². The van der Waals surface area contributed by atoms with E-state index in [9.17, 15) is 9.90 Å². The van der Waals surface area contributed by atoms with E-state index in [4.69, 9.17) is 9.47 Å². The minimum Gasteiger partial charge on any atom is -0.487 e. The molecule has 0 aliphatic carbocycles. The highest BCUT2D eigenvalue weighted by molar-refractivity contribution is 5.78. The Morgan fingerprint density at radius 3 is 2.67 bits per heavy atom.